The van der Waals surface area contributed by atoms with Crippen LogP contribution >= 0.6 is 11.3 Å². The molecule has 2 aromatic rings. The van der Waals surface area contributed by atoms with Crippen molar-refractivity contribution in [2.75, 3.05) is 7.05 Å². The van der Waals surface area contributed by atoms with Gasteiger partial charge in [-0.3, -0.25) is 14.4 Å². The Bertz CT molecular complexity index is 947. The molecule has 0 aliphatic rings. The minimum Gasteiger partial charge on any atom is -0.481 e. The molecule has 8 nitrogen and oxygen atoms in total. The third-order valence-corrected chi connectivity index (χ3v) is 6.64. The predicted octanol–water partition coefficient (Wildman–Crippen LogP) is 3.83. The highest BCUT2D eigenvalue weighted by Gasteiger charge is 2.27. The second-order valence-corrected chi connectivity index (χ2v) is 9.77. The van der Waals surface area contributed by atoms with Crippen molar-refractivity contribution >= 4 is 29.2 Å². The lowest BCUT2D eigenvalue weighted by atomic mass is 9.96. The summed E-state index contributed by atoms with van der Waals surface area (Å²) >= 11 is 1.27. The Hall–Kier alpha value is -2.78. The zero-order valence-electron chi connectivity index (χ0n) is 20.4. The van der Waals surface area contributed by atoms with Gasteiger partial charge in [0.1, 0.15) is 10.7 Å². The third kappa shape index (κ3) is 8.53. The summed E-state index contributed by atoms with van der Waals surface area (Å²) in [5.41, 5.74) is 1.23. The lowest BCUT2D eigenvalue weighted by Gasteiger charge is -2.24. The zero-order chi connectivity index (χ0) is 25.3. The zero-order valence-corrected chi connectivity index (χ0v) is 21.2. The first-order valence-electron chi connectivity index (χ1n) is 11.5. The number of aliphatic carboxylic acids is 1. The van der Waals surface area contributed by atoms with Crippen molar-refractivity contribution in [3.8, 4) is 0 Å². The lowest BCUT2D eigenvalue weighted by molar-refractivity contribution is -0.147. The lowest BCUT2D eigenvalue weighted by Crippen LogP contribution is -2.38. The van der Waals surface area contributed by atoms with Crippen LogP contribution in [0.2, 0.25) is 0 Å². The van der Waals surface area contributed by atoms with Gasteiger partial charge in [0.05, 0.1) is 5.92 Å². The Balaban J connectivity index is 2.18. The topological polar surface area (TPSA) is 118 Å². The number of nitrogens with zero attached hydrogens (tertiary/aromatic N) is 1. The number of carbonyl (C=O) groups is 3. The summed E-state index contributed by atoms with van der Waals surface area (Å²) in [4.78, 5) is 40.6. The molecule has 0 saturated heterocycles. The summed E-state index contributed by atoms with van der Waals surface area (Å²) in [6.07, 6.45) is 0.780. The molecule has 9 heteroatoms. The number of carboxylic acids is 1. The highest BCUT2D eigenvalue weighted by Crippen LogP contribution is 2.28. The Morgan fingerprint density at radius 3 is 2.35 bits per heavy atom. The second kappa shape index (κ2) is 13.2. The average Bonchev–Trinajstić information content (AvgIpc) is 3.27. The van der Waals surface area contributed by atoms with Gasteiger partial charge in [0.15, 0.2) is 6.10 Å². The van der Waals surface area contributed by atoms with Gasteiger partial charge in [-0.1, -0.05) is 51.1 Å². The van der Waals surface area contributed by atoms with E-state index in [1.807, 2.05) is 37.4 Å². The van der Waals surface area contributed by atoms with Gasteiger partial charge in [-0.25, -0.2) is 4.98 Å². The van der Waals surface area contributed by atoms with E-state index in [4.69, 9.17) is 4.74 Å². The molecule has 1 heterocycles. The van der Waals surface area contributed by atoms with Crippen molar-refractivity contribution in [2.24, 2.45) is 11.8 Å². The van der Waals surface area contributed by atoms with E-state index in [1.54, 1.807) is 12.3 Å². The Labute approximate surface area is 205 Å². The molecule has 0 radical (unpaired) electrons. The molecule has 186 valence electrons. The number of rotatable bonds is 13. The Kier molecular flexibility index (Phi) is 10.7. The fraction of sp³-hybridized carbons (Fsp3) is 0.520. The van der Waals surface area contributed by atoms with Gasteiger partial charge in [-0.05, 0) is 31.4 Å². The second-order valence-electron chi connectivity index (χ2n) is 8.88. The number of carbonyl (C=O) groups excluding carboxylic acids is 2. The largest absolute Gasteiger partial charge is 0.481 e. The number of hydrogen-bond acceptors (Lipinski definition) is 7. The summed E-state index contributed by atoms with van der Waals surface area (Å²) in [5, 5.41) is 17.7. The SMILES string of the molecule is CN[C@@H](C[C@@H](OC(C)=O)c1nc(C(=O)N[C@@H](Cc2ccccc2)C[C@H](C)C(=O)O)cs1)C(C)C. The molecule has 0 unspecified atom stereocenters. The molecule has 1 aromatic heterocycles. The van der Waals surface area contributed by atoms with Crippen LogP contribution in [-0.2, 0) is 20.7 Å². The van der Waals surface area contributed by atoms with E-state index < -0.39 is 24.0 Å². The summed E-state index contributed by atoms with van der Waals surface area (Å²) < 4.78 is 5.52. The quantitative estimate of drug-likeness (QED) is 0.366. The van der Waals surface area contributed by atoms with E-state index in [1.165, 1.54) is 18.3 Å². The molecular weight excluding hydrogens is 454 g/mol. The van der Waals surface area contributed by atoms with Crippen molar-refractivity contribution in [3.63, 3.8) is 0 Å². The van der Waals surface area contributed by atoms with E-state index in [0.717, 1.165) is 5.56 Å². The van der Waals surface area contributed by atoms with Crippen molar-refractivity contribution < 1.29 is 24.2 Å². The average molecular weight is 490 g/mol. The van der Waals surface area contributed by atoms with Crippen molar-refractivity contribution in [2.45, 2.75) is 65.1 Å². The van der Waals surface area contributed by atoms with Gasteiger partial charge in [-0.2, -0.15) is 0 Å². The van der Waals surface area contributed by atoms with Gasteiger partial charge < -0.3 is 20.5 Å². The van der Waals surface area contributed by atoms with E-state index >= 15 is 0 Å². The number of ether oxygens (including phenoxy) is 1. The van der Waals surface area contributed by atoms with Crippen LogP contribution < -0.4 is 10.6 Å². The van der Waals surface area contributed by atoms with Gasteiger partial charge in [0.2, 0.25) is 0 Å². The number of hydrogen-bond donors (Lipinski definition) is 3. The van der Waals surface area contributed by atoms with Gasteiger partial charge >= 0.3 is 11.9 Å². The highest BCUT2D eigenvalue weighted by atomic mass is 32.1. The summed E-state index contributed by atoms with van der Waals surface area (Å²) in [5.74, 6) is -1.98. The minimum absolute atomic E-state index is 0.110. The van der Waals surface area contributed by atoms with Crippen LogP contribution in [0.3, 0.4) is 0 Å². The highest BCUT2D eigenvalue weighted by molar-refractivity contribution is 7.09. The molecule has 2 rings (SSSR count). The van der Waals surface area contributed by atoms with Crippen LogP contribution in [-0.4, -0.2) is 47.1 Å². The maximum Gasteiger partial charge on any atom is 0.306 e. The first-order valence-corrected chi connectivity index (χ1v) is 12.4. The van der Waals surface area contributed by atoms with E-state index in [9.17, 15) is 19.5 Å². The first kappa shape index (κ1) is 27.5. The minimum atomic E-state index is -0.906. The van der Waals surface area contributed by atoms with Gasteiger partial charge in [0, 0.05) is 30.8 Å². The molecule has 0 bridgehead atoms. The van der Waals surface area contributed by atoms with Gasteiger partial charge in [-0.15, -0.1) is 11.3 Å². The van der Waals surface area contributed by atoms with Crippen LogP contribution in [0.25, 0.3) is 0 Å². The van der Waals surface area contributed by atoms with Crippen LogP contribution in [0.15, 0.2) is 35.7 Å². The normalized spacial score (nSPS) is 14.8. The molecule has 1 amide bonds. The summed E-state index contributed by atoms with van der Waals surface area (Å²) in [6, 6.07) is 9.36. The van der Waals surface area contributed by atoms with E-state index in [0.29, 0.717) is 30.2 Å². The first-order chi connectivity index (χ1) is 16.1. The Morgan fingerprint density at radius 2 is 1.79 bits per heavy atom. The molecule has 1 aromatic carbocycles. The number of benzene rings is 1. The van der Waals surface area contributed by atoms with Crippen LogP contribution in [0, 0.1) is 11.8 Å². The van der Waals surface area contributed by atoms with Crippen LogP contribution in [0.1, 0.15) is 67.7 Å². The molecule has 0 aliphatic heterocycles. The van der Waals surface area contributed by atoms with Crippen LogP contribution in [0.4, 0.5) is 0 Å². The monoisotopic (exact) mass is 489 g/mol. The third-order valence-electron chi connectivity index (χ3n) is 5.70. The summed E-state index contributed by atoms with van der Waals surface area (Å²) in [6.45, 7) is 7.15. The maximum atomic E-state index is 13.0. The molecule has 3 N–H and O–H groups in total. The number of amides is 1. The molecule has 34 heavy (non-hydrogen) atoms. The summed E-state index contributed by atoms with van der Waals surface area (Å²) in [7, 11) is 1.86. The van der Waals surface area contributed by atoms with Gasteiger partial charge in [0.25, 0.3) is 5.91 Å². The van der Waals surface area contributed by atoms with Crippen LogP contribution in [0.5, 0.6) is 0 Å². The van der Waals surface area contributed by atoms with Crippen molar-refractivity contribution in [1.29, 1.82) is 0 Å². The predicted molar refractivity (Wildman–Crippen MR) is 132 cm³/mol. The number of nitrogens with one attached hydrogen (secondary N) is 2. The number of esters is 1. The van der Waals surface area contributed by atoms with Crippen molar-refractivity contribution in [1.82, 2.24) is 15.6 Å². The van der Waals surface area contributed by atoms with E-state index in [2.05, 4.69) is 29.5 Å². The fourth-order valence-electron chi connectivity index (χ4n) is 3.77. The van der Waals surface area contributed by atoms with Crippen molar-refractivity contribution in [3.05, 3.63) is 52.0 Å². The smallest absolute Gasteiger partial charge is 0.306 e. The maximum absolute atomic E-state index is 13.0. The standard InChI is InChI=1S/C25H35N3O5S/c1-15(2)20(26-5)13-22(33-17(4)29)24-28-21(14-34-24)23(30)27-19(11-16(3)25(31)32)12-18-9-7-6-8-10-18/h6-10,14-16,19-20,22,26H,11-13H2,1-5H3,(H,27,30)(H,31,32)/t16-,19+,20-,22+/m0/s1. The number of thiazole rings is 1. The molecule has 4 atom stereocenters. The number of aromatic nitrogens is 1. The molecule has 0 saturated carbocycles. The molecular formula is C25H35N3O5S. The Morgan fingerprint density at radius 1 is 1.12 bits per heavy atom. The molecule has 0 fully saturated rings. The van der Waals surface area contributed by atoms with E-state index in [-0.39, 0.29) is 23.7 Å². The molecule has 0 spiro atoms. The molecule has 0 aliphatic carbocycles. The fourth-order valence-corrected chi connectivity index (χ4v) is 4.61. The number of carboxylic acid groups (broad SMARTS) is 1.